The molecule has 3 rings (SSSR count). The van der Waals surface area contributed by atoms with Crippen molar-refractivity contribution in [3.8, 4) is 0 Å². The largest absolute Gasteiger partial charge is 0.456 e. The van der Waals surface area contributed by atoms with Crippen molar-refractivity contribution in [2.45, 2.75) is 49.1 Å². The third kappa shape index (κ3) is 4.29. The van der Waals surface area contributed by atoms with Crippen molar-refractivity contribution < 1.29 is 43.9 Å². The Morgan fingerprint density at radius 3 is 2.47 bits per heavy atom. The van der Waals surface area contributed by atoms with E-state index in [4.69, 9.17) is 30.4 Å². The Morgan fingerprint density at radius 2 is 1.91 bits per heavy atom. The lowest BCUT2D eigenvalue weighted by Gasteiger charge is -2.34. The fourth-order valence-electron chi connectivity index (χ4n) is 3.43. The van der Waals surface area contributed by atoms with Gasteiger partial charge in [-0.1, -0.05) is 0 Å². The SMILES string of the molecule is COC1C(O)C(n2c(=O)cc[nH]c2=O)OC1C(OC1OC(C(N)=O)=CC(O)C1O)C(N)=O. The summed E-state index contributed by atoms with van der Waals surface area (Å²) in [5, 5.41) is 30.6. The molecule has 1 saturated heterocycles. The first-order valence-corrected chi connectivity index (χ1v) is 9.22. The first-order valence-electron chi connectivity index (χ1n) is 9.22. The summed E-state index contributed by atoms with van der Waals surface area (Å²) in [4.78, 5) is 50.0. The summed E-state index contributed by atoms with van der Waals surface area (Å²) < 4.78 is 21.8. The van der Waals surface area contributed by atoms with Crippen LogP contribution in [0.5, 0.6) is 0 Å². The number of carbonyl (C=O) groups is 2. The number of carbonyl (C=O) groups excluding carboxylic acids is 2. The second-order valence-corrected chi connectivity index (χ2v) is 6.99. The van der Waals surface area contributed by atoms with E-state index in [0.717, 1.165) is 25.4 Å². The minimum Gasteiger partial charge on any atom is -0.456 e. The number of H-pyrrole nitrogens is 1. The van der Waals surface area contributed by atoms with Gasteiger partial charge in [-0.2, -0.15) is 0 Å². The average molecular weight is 458 g/mol. The highest BCUT2D eigenvalue weighted by Crippen LogP contribution is 2.33. The molecule has 15 nitrogen and oxygen atoms in total. The zero-order valence-corrected chi connectivity index (χ0v) is 16.6. The summed E-state index contributed by atoms with van der Waals surface area (Å²) in [5.41, 5.74) is 8.79. The van der Waals surface area contributed by atoms with Crippen molar-refractivity contribution in [2.75, 3.05) is 7.11 Å². The van der Waals surface area contributed by atoms with E-state index in [1.54, 1.807) is 0 Å². The number of aromatic nitrogens is 2. The number of methoxy groups -OCH3 is 1. The molecule has 8 N–H and O–H groups in total. The normalized spacial score (nSPS) is 33.2. The van der Waals surface area contributed by atoms with Gasteiger partial charge in [-0.25, -0.2) is 9.36 Å². The van der Waals surface area contributed by atoms with Crippen molar-refractivity contribution >= 4 is 11.8 Å². The van der Waals surface area contributed by atoms with Crippen LogP contribution in [0.1, 0.15) is 6.23 Å². The molecule has 0 spiro atoms. The lowest BCUT2D eigenvalue weighted by atomic mass is 10.0. The Labute approximate surface area is 178 Å². The maximum absolute atomic E-state index is 12.1. The van der Waals surface area contributed by atoms with E-state index in [2.05, 4.69) is 4.98 Å². The number of aliphatic hydroxyl groups excluding tert-OH is 3. The predicted octanol–water partition coefficient (Wildman–Crippen LogP) is -4.87. The molecule has 1 aromatic rings. The van der Waals surface area contributed by atoms with E-state index in [0.29, 0.717) is 4.57 Å². The molecule has 2 aliphatic rings. The second-order valence-electron chi connectivity index (χ2n) is 6.99. The molecule has 32 heavy (non-hydrogen) atoms. The van der Waals surface area contributed by atoms with Gasteiger partial charge in [0.15, 0.2) is 18.1 Å². The van der Waals surface area contributed by atoms with Gasteiger partial charge in [-0.05, 0) is 6.08 Å². The standard InChI is InChI=1S/C17H22N4O11/c1-29-10-9(25)15(21-7(23)2-3-20-17(21)28)31-11(10)12(14(19)27)32-16-8(24)5(22)4-6(30-16)13(18)26/h2-5,8-12,15-16,22,24-25H,1H3,(H2,18,26)(H2,19,27)(H,20,28). The fourth-order valence-corrected chi connectivity index (χ4v) is 3.43. The van der Waals surface area contributed by atoms with Crippen molar-refractivity contribution in [1.82, 2.24) is 9.55 Å². The van der Waals surface area contributed by atoms with E-state index in [1.807, 2.05) is 0 Å². The molecule has 8 unspecified atom stereocenters. The fraction of sp³-hybridized carbons (Fsp3) is 0.529. The lowest BCUT2D eigenvalue weighted by molar-refractivity contribution is -0.241. The Balaban J connectivity index is 1.91. The second kappa shape index (κ2) is 9.19. The average Bonchev–Trinajstić information content (AvgIpc) is 3.04. The molecule has 2 amide bonds. The number of hydrogen-bond acceptors (Lipinski definition) is 11. The van der Waals surface area contributed by atoms with E-state index in [9.17, 15) is 34.5 Å². The van der Waals surface area contributed by atoms with Crippen LogP contribution in [-0.4, -0.2) is 86.7 Å². The lowest BCUT2D eigenvalue weighted by Crippen LogP contribution is -2.53. The molecule has 0 bridgehead atoms. The molecule has 1 fully saturated rings. The molecular formula is C17H22N4O11. The van der Waals surface area contributed by atoms with Gasteiger partial charge in [0.2, 0.25) is 12.2 Å². The van der Waals surface area contributed by atoms with Crippen LogP contribution in [0.25, 0.3) is 0 Å². The smallest absolute Gasteiger partial charge is 0.330 e. The van der Waals surface area contributed by atoms with Gasteiger partial charge in [0.05, 0.1) is 0 Å². The molecule has 0 saturated carbocycles. The van der Waals surface area contributed by atoms with Gasteiger partial charge in [0.25, 0.3) is 11.5 Å². The zero-order valence-electron chi connectivity index (χ0n) is 16.6. The van der Waals surface area contributed by atoms with Crippen LogP contribution in [0.4, 0.5) is 0 Å². The van der Waals surface area contributed by atoms with Gasteiger partial charge in [0, 0.05) is 19.4 Å². The molecule has 2 aliphatic heterocycles. The molecule has 176 valence electrons. The number of rotatable bonds is 7. The summed E-state index contributed by atoms with van der Waals surface area (Å²) in [5.74, 6) is -2.78. The molecule has 15 heteroatoms. The van der Waals surface area contributed by atoms with Crippen molar-refractivity contribution in [3.63, 3.8) is 0 Å². The van der Waals surface area contributed by atoms with Crippen LogP contribution in [0.3, 0.4) is 0 Å². The molecule has 1 aromatic heterocycles. The third-order valence-electron chi connectivity index (χ3n) is 4.96. The number of nitrogens with zero attached hydrogens (tertiary/aromatic N) is 1. The number of nitrogens with two attached hydrogens (primary N) is 2. The van der Waals surface area contributed by atoms with Gasteiger partial charge in [0.1, 0.15) is 30.5 Å². The van der Waals surface area contributed by atoms with Gasteiger partial charge in [-0.3, -0.25) is 14.4 Å². The van der Waals surface area contributed by atoms with Crippen LogP contribution in [0.2, 0.25) is 0 Å². The number of ether oxygens (including phenoxy) is 4. The van der Waals surface area contributed by atoms with Crippen LogP contribution in [0, 0.1) is 0 Å². The maximum Gasteiger partial charge on any atom is 0.330 e. The maximum atomic E-state index is 12.1. The summed E-state index contributed by atoms with van der Waals surface area (Å²) >= 11 is 0. The van der Waals surface area contributed by atoms with E-state index in [1.165, 1.54) is 0 Å². The van der Waals surface area contributed by atoms with E-state index < -0.39 is 78.0 Å². The number of hydrogen-bond donors (Lipinski definition) is 6. The Bertz CT molecular complexity index is 992. The summed E-state index contributed by atoms with van der Waals surface area (Å²) in [7, 11) is 1.16. The quantitative estimate of drug-likeness (QED) is 0.226. The number of aromatic amines is 1. The predicted molar refractivity (Wildman–Crippen MR) is 100 cm³/mol. The molecule has 3 heterocycles. The molecule has 0 radical (unpaired) electrons. The summed E-state index contributed by atoms with van der Waals surface area (Å²) in [6.45, 7) is 0. The van der Waals surface area contributed by atoms with Gasteiger partial charge < -0.3 is 50.7 Å². The van der Waals surface area contributed by atoms with Crippen LogP contribution in [-0.2, 0) is 28.5 Å². The molecule has 0 aliphatic carbocycles. The third-order valence-corrected chi connectivity index (χ3v) is 4.96. The Hall–Kier alpha value is -3.08. The number of aliphatic hydroxyl groups is 3. The highest BCUT2D eigenvalue weighted by molar-refractivity contribution is 5.90. The number of primary amides is 2. The molecule has 0 aromatic carbocycles. The number of amides is 2. The minimum atomic E-state index is -1.80. The summed E-state index contributed by atoms with van der Waals surface area (Å²) in [6, 6.07) is 1.01. The highest BCUT2D eigenvalue weighted by Gasteiger charge is 2.52. The number of nitrogens with one attached hydrogen (secondary N) is 1. The van der Waals surface area contributed by atoms with Crippen molar-refractivity contribution in [3.05, 3.63) is 44.9 Å². The highest BCUT2D eigenvalue weighted by atomic mass is 16.7. The van der Waals surface area contributed by atoms with Crippen LogP contribution >= 0.6 is 0 Å². The monoisotopic (exact) mass is 458 g/mol. The minimum absolute atomic E-state index is 0.535. The first kappa shape index (κ1) is 23.6. The first-order chi connectivity index (χ1) is 15.1. The van der Waals surface area contributed by atoms with Crippen molar-refractivity contribution in [2.24, 2.45) is 11.5 Å². The zero-order chi connectivity index (χ0) is 23.7. The molecule has 8 atom stereocenters. The van der Waals surface area contributed by atoms with Gasteiger partial charge in [-0.15, -0.1) is 0 Å². The Kier molecular flexibility index (Phi) is 6.77. The van der Waals surface area contributed by atoms with Crippen molar-refractivity contribution in [1.29, 1.82) is 0 Å². The van der Waals surface area contributed by atoms with Gasteiger partial charge >= 0.3 is 5.69 Å². The van der Waals surface area contributed by atoms with E-state index >= 15 is 0 Å². The molecular weight excluding hydrogens is 436 g/mol. The topological polar surface area (TPSA) is 239 Å². The van der Waals surface area contributed by atoms with Crippen LogP contribution in [0.15, 0.2) is 33.7 Å². The van der Waals surface area contributed by atoms with E-state index in [-0.39, 0.29) is 0 Å². The summed E-state index contributed by atoms with van der Waals surface area (Å²) in [6.07, 6.45) is -11.1. The Morgan fingerprint density at radius 1 is 1.22 bits per heavy atom. The van der Waals surface area contributed by atoms with Crippen LogP contribution < -0.4 is 22.7 Å².